The summed E-state index contributed by atoms with van der Waals surface area (Å²) < 4.78 is 5.89. The summed E-state index contributed by atoms with van der Waals surface area (Å²) in [6, 6.07) is 15.9. The number of benzene rings is 2. The molecule has 0 unspecified atom stereocenters. The third-order valence-electron chi connectivity index (χ3n) is 5.89. The number of carbonyl (C=O) groups is 1. The van der Waals surface area contributed by atoms with Crippen LogP contribution in [-0.2, 0) is 4.79 Å². The number of pyridine rings is 1. The molecule has 156 valence electrons. The van der Waals surface area contributed by atoms with Crippen LogP contribution < -0.4 is 15.0 Å². The molecule has 1 N–H and O–H groups in total. The molecule has 2 aromatic carbocycles. The third kappa shape index (κ3) is 4.40. The number of anilines is 2. The number of amides is 1. The summed E-state index contributed by atoms with van der Waals surface area (Å²) in [4.78, 5) is 19.7. The first-order chi connectivity index (χ1) is 14.5. The Labute approximate surface area is 178 Å². The lowest BCUT2D eigenvalue weighted by Crippen LogP contribution is -2.34. The van der Waals surface area contributed by atoms with E-state index in [9.17, 15) is 4.79 Å². The van der Waals surface area contributed by atoms with E-state index in [2.05, 4.69) is 29.3 Å². The van der Waals surface area contributed by atoms with Crippen LogP contribution in [0.3, 0.4) is 0 Å². The Kier molecular flexibility index (Phi) is 5.88. The predicted octanol–water partition coefficient (Wildman–Crippen LogP) is 5.11. The molecule has 0 aliphatic carbocycles. The Balaban J connectivity index is 1.50. The molecule has 1 aliphatic rings. The second-order valence-corrected chi connectivity index (χ2v) is 8.28. The highest BCUT2D eigenvalue weighted by atomic mass is 16.5. The fourth-order valence-electron chi connectivity index (χ4n) is 4.02. The quantitative estimate of drug-likeness (QED) is 0.643. The maximum atomic E-state index is 12.5. The van der Waals surface area contributed by atoms with Gasteiger partial charge in [-0.2, -0.15) is 0 Å². The molecule has 0 radical (unpaired) electrons. The summed E-state index contributed by atoms with van der Waals surface area (Å²) in [7, 11) is 0. The Morgan fingerprint density at radius 3 is 2.83 bits per heavy atom. The van der Waals surface area contributed by atoms with E-state index in [1.165, 1.54) is 12.8 Å². The van der Waals surface area contributed by atoms with Gasteiger partial charge in [0.25, 0.3) is 5.91 Å². The zero-order valence-corrected chi connectivity index (χ0v) is 17.9. The van der Waals surface area contributed by atoms with Crippen molar-refractivity contribution in [2.45, 2.75) is 33.6 Å². The highest BCUT2D eigenvalue weighted by molar-refractivity contribution is 5.93. The van der Waals surface area contributed by atoms with Crippen LogP contribution in [0.2, 0.25) is 0 Å². The van der Waals surface area contributed by atoms with E-state index in [1.54, 1.807) is 0 Å². The van der Waals surface area contributed by atoms with E-state index < -0.39 is 0 Å². The minimum atomic E-state index is -0.179. The van der Waals surface area contributed by atoms with Gasteiger partial charge >= 0.3 is 0 Å². The third-order valence-corrected chi connectivity index (χ3v) is 5.89. The van der Waals surface area contributed by atoms with Gasteiger partial charge in [0, 0.05) is 24.2 Å². The van der Waals surface area contributed by atoms with Crippen LogP contribution in [0.25, 0.3) is 10.9 Å². The number of nitrogens with one attached hydrogen (secondary N) is 1. The van der Waals surface area contributed by atoms with Crippen molar-refractivity contribution in [3.8, 4) is 5.75 Å². The molecule has 3 aromatic rings. The lowest BCUT2D eigenvalue weighted by atomic mass is 10.0. The first kappa shape index (κ1) is 20.2. The number of nitrogens with zero attached hydrogens (tertiary/aromatic N) is 2. The highest BCUT2D eigenvalue weighted by Gasteiger charge is 2.18. The zero-order valence-electron chi connectivity index (χ0n) is 17.9. The molecule has 0 spiro atoms. The summed E-state index contributed by atoms with van der Waals surface area (Å²) in [6.45, 7) is 8.33. The summed E-state index contributed by atoms with van der Waals surface area (Å²) in [5.41, 5.74) is 3.83. The van der Waals surface area contributed by atoms with Gasteiger partial charge in [0.1, 0.15) is 17.1 Å². The summed E-state index contributed by atoms with van der Waals surface area (Å²) in [5.74, 6) is 2.11. The first-order valence-electron chi connectivity index (χ1n) is 10.6. The minimum Gasteiger partial charge on any atom is -0.481 e. The van der Waals surface area contributed by atoms with E-state index >= 15 is 0 Å². The van der Waals surface area contributed by atoms with Crippen molar-refractivity contribution in [2.75, 3.05) is 29.9 Å². The molecule has 5 nitrogen and oxygen atoms in total. The number of hydrogen-bond acceptors (Lipinski definition) is 4. The topological polar surface area (TPSA) is 54.5 Å². The summed E-state index contributed by atoms with van der Waals surface area (Å²) in [6.07, 6.45) is 2.46. The largest absolute Gasteiger partial charge is 0.481 e. The molecule has 30 heavy (non-hydrogen) atoms. The molecule has 2 heterocycles. The Morgan fingerprint density at radius 1 is 1.17 bits per heavy atom. The number of aromatic nitrogens is 1. The molecule has 1 aromatic heterocycles. The fraction of sp³-hybridized carbons (Fsp3) is 0.360. The smallest absolute Gasteiger partial charge is 0.262 e. The lowest BCUT2D eigenvalue weighted by Gasteiger charge is -2.32. The number of carbonyl (C=O) groups excluding carboxylic acids is 1. The average Bonchev–Trinajstić information content (AvgIpc) is 2.75. The number of piperidine rings is 1. The number of fused-ring (bicyclic) bond motifs is 1. The lowest BCUT2D eigenvalue weighted by molar-refractivity contribution is -0.118. The van der Waals surface area contributed by atoms with Gasteiger partial charge < -0.3 is 15.0 Å². The van der Waals surface area contributed by atoms with Crippen molar-refractivity contribution >= 4 is 28.3 Å². The molecular formula is C25H29N3O2. The number of rotatable bonds is 5. The Bertz CT molecular complexity index is 1060. The van der Waals surface area contributed by atoms with Crippen LogP contribution in [0.5, 0.6) is 5.75 Å². The van der Waals surface area contributed by atoms with Gasteiger partial charge in [0.15, 0.2) is 6.61 Å². The molecule has 1 fully saturated rings. The second-order valence-electron chi connectivity index (χ2n) is 8.28. The van der Waals surface area contributed by atoms with Crippen molar-refractivity contribution in [3.05, 3.63) is 59.7 Å². The molecule has 1 aliphatic heterocycles. The standard InChI is InChI=1S/C25H29N3O2/c1-17-7-6-14-28(15-17)23-13-12-20-9-5-11-22(25(20)27-23)30-16-24(29)26-21-10-4-8-18(2)19(21)3/h4-5,8-13,17H,6-7,14-16H2,1-3H3,(H,26,29)/t17-/m0/s1. The summed E-state index contributed by atoms with van der Waals surface area (Å²) >= 11 is 0. The maximum Gasteiger partial charge on any atom is 0.262 e. The van der Waals surface area contributed by atoms with Gasteiger partial charge in [-0.05, 0) is 68.0 Å². The second kappa shape index (κ2) is 8.74. The van der Waals surface area contributed by atoms with Crippen molar-refractivity contribution in [1.82, 2.24) is 4.98 Å². The van der Waals surface area contributed by atoms with E-state index in [4.69, 9.17) is 9.72 Å². The van der Waals surface area contributed by atoms with Crippen LogP contribution in [-0.4, -0.2) is 30.6 Å². The van der Waals surface area contributed by atoms with Crippen LogP contribution in [0, 0.1) is 19.8 Å². The fourth-order valence-corrected chi connectivity index (χ4v) is 4.02. The van der Waals surface area contributed by atoms with Gasteiger partial charge in [-0.3, -0.25) is 4.79 Å². The number of para-hydroxylation sites is 1. The molecule has 1 saturated heterocycles. The van der Waals surface area contributed by atoms with E-state index in [1.807, 2.05) is 50.2 Å². The van der Waals surface area contributed by atoms with Crippen LogP contribution in [0.15, 0.2) is 48.5 Å². The highest BCUT2D eigenvalue weighted by Crippen LogP contribution is 2.28. The van der Waals surface area contributed by atoms with E-state index in [0.29, 0.717) is 11.7 Å². The summed E-state index contributed by atoms with van der Waals surface area (Å²) in [5, 5.41) is 3.96. The Morgan fingerprint density at radius 2 is 2.00 bits per heavy atom. The normalized spacial score (nSPS) is 16.5. The van der Waals surface area contributed by atoms with Crippen LogP contribution >= 0.6 is 0 Å². The van der Waals surface area contributed by atoms with Crippen molar-refractivity contribution < 1.29 is 9.53 Å². The van der Waals surface area contributed by atoms with Crippen LogP contribution in [0.4, 0.5) is 11.5 Å². The molecule has 0 bridgehead atoms. The minimum absolute atomic E-state index is 0.0564. The molecular weight excluding hydrogens is 374 g/mol. The van der Waals surface area contributed by atoms with Crippen molar-refractivity contribution in [1.29, 1.82) is 0 Å². The number of hydrogen-bond donors (Lipinski definition) is 1. The van der Waals surface area contributed by atoms with Gasteiger partial charge in [-0.15, -0.1) is 0 Å². The monoisotopic (exact) mass is 403 g/mol. The number of aryl methyl sites for hydroxylation is 1. The molecule has 1 atom stereocenters. The first-order valence-corrected chi connectivity index (χ1v) is 10.6. The van der Waals surface area contributed by atoms with Gasteiger partial charge in [0.2, 0.25) is 0 Å². The molecule has 0 saturated carbocycles. The predicted molar refractivity (Wildman–Crippen MR) is 122 cm³/mol. The molecule has 5 heteroatoms. The van der Waals surface area contributed by atoms with E-state index in [-0.39, 0.29) is 12.5 Å². The molecule has 1 amide bonds. The van der Waals surface area contributed by atoms with Crippen molar-refractivity contribution in [2.24, 2.45) is 5.92 Å². The zero-order chi connectivity index (χ0) is 21.1. The van der Waals surface area contributed by atoms with Crippen LogP contribution in [0.1, 0.15) is 30.9 Å². The number of ether oxygens (including phenoxy) is 1. The SMILES string of the molecule is Cc1cccc(NC(=O)COc2cccc3ccc(N4CCC[C@H](C)C4)nc23)c1C. The molecule has 4 rings (SSSR count). The van der Waals surface area contributed by atoms with Gasteiger partial charge in [0.05, 0.1) is 0 Å². The van der Waals surface area contributed by atoms with E-state index in [0.717, 1.165) is 46.6 Å². The van der Waals surface area contributed by atoms with Gasteiger partial charge in [-0.25, -0.2) is 4.98 Å². The van der Waals surface area contributed by atoms with Gasteiger partial charge in [-0.1, -0.05) is 31.2 Å². The van der Waals surface area contributed by atoms with Crippen molar-refractivity contribution in [3.63, 3.8) is 0 Å². The Hall–Kier alpha value is -3.08. The maximum absolute atomic E-state index is 12.5. The average molecular weight is 404 g/mol.